The fraction of sp³-hybridized carbons (Fsp3) is 0.714. The Morgan fingerprint density at radius 1 is 0.628 bits per heavy atom. The van der Waals surface area contributed by atoms with Gasteiger partial charge in [0.2, 0.25) is 0 Å². The number of hydrogen-bond donors (Lipinski definition) is 1. The van der Waals surface area contributed by atoms with E-state index in [2.05, 4.69) is 17.4 Å². The molecule has 43 heavy (non-hydrogen) atoms. The summed E-state index contributed by atoms with van der Waals surface area (Å²) in [5, 5.41) is 2.78. The Bertz CT molecular complexity index is 1080. The van der Waals surface area contributed by atoms with E-state index in [0.29, 0.717) is 44.6 Å². The van der Waals surface area contributed by atoms with Gasteiger partial charge in [0.25, 0.3) is 0 Å². The van der Waals surface area contributed by atoms with Crippen molar-refractivity contribution >= 4 is 23.6 Å². The Labute approximate surface area is 257 Å². The first kappa shape index (κ1) is 31.5. The van der Waals surface area contributed by atoms with E-state index in [9.17, 15) is 19.2 Å². The molecule has 0 radical (unpaired) electrons. The summed E-state index contributed by atoms with van der Waals surface area (Å²) in [5.74, 6) is -0.304. The molecule has 4 aliphatic rings. The number of nitrogens with one attached hydrogen (secondary N) is 1. The van der Waals surface area contributed by atoms with E-state index < -0.39 is 11.8 Å². The van der Waals surface area contributed by atoms with E-state index >= 15 is 0 Å². The van der Waals surface area contributed by atoms with Crippen molar-refractivity contribution in [2.45, 2.75) is 115 Å². The van der Waals surface area contributed by atoms with Gasteiger partial charge in [0, 0.05) is 38.8 Å². The molecule has 5 rings (SSSR count). The molecule has 2 aliphatic carbocycles. The molecule has 0 bridgehead atoms. The number of carbonyl (C=O) groups excluding carboxylic acids is 4. The molecule has 1 aromatic rings. The van der Waals surface area contributed by atoms with Crippen molar-refractivity contribution in [3.05, 3.63) is 35.9 Å². The van der Waals surface area contributed by atoms with Gasteiger partial charge in [0.05, 0.1) is 6.04 Å². The number of carbonyl (C=O) groups is 4. The Balaban J connectivity index is 1.14. The molecule has 4 fully saturated rings. The zero-order valence-electron chi connectivity index (χ0n) is 26.0. The molecule has 2 saturated carbocycles. The highest BCUT2D eigenvalue weighted by Crippen LogP contribution is 2.29. The molecule has 0 unspecified atom stereocenters. The summed E-state index contributed by atoms with van der Waals surface area (Å²) in [6.45, 7) is 2.92. The number of nitrogens with zero attached hydrogens (tertiary/aromatic N) is 3. The second-order valence-electron chi connectivity index (χ2n) is 13.5. The lowest BCUT2D eigenvalue weighted by Gasteiger charge is -2.41. The molecule has 236 valence electrons. The summed E-state index contributed by atoms with van der Waals surface area (Å²) in [6.07, 6.45) is 17.7. The van der Waals surface area contributed by atoms with Crippen LogP contribution in [-0.2, 0) is 25.6 Å². The van der Waals surface area contributed by atoms with Crippen LogP contribution >= 0.6 is 0 Å². The maximum Gasteiger partial charge on any atom is 0.312 e. The highest BCUT2D eigenvalue weighted by Gasteiger charge is 2.39. The molecule has 0 spiro atoms. The minimum Gasteiger partial charge on any atom is -0.346 e. The fourth-order valence-corrected chi connectivity index (χ4v) is 7.91. The predicted molar refractivity (Wildman–Crippen MR) is 167 cm³/mol. The lowest BCUT2D eigenvalue weighted by atomic mass is 9.86. The van der Waals surface area contributed by atoms with Crippen LogP contribution in [0.5, 0.6) is 0 Å². The molecule has 1 N–H and O–H groups in total. The number of hydrogen-bond acceptors (Lipinski definition) is 4. The number of benzene rings is 1. The van der Waals surface area contributed by atoms with Crippen molar-refractivity contribution in [1.82, 2.24) is 20.0 Å². The second kappa shape index (κ2) is 15.7. The van der Waals surface area contributed by atoms with Crippen molar-refractivity contribution in [1.29, 1.82) is 0 Å². The summed E-state index contributed by atoms with van der Waals surface area (Å²) >= 11 is 0. The third-order valence-electron chi connectivity index (χ3n) is 10.5. The normalized spacial score (nSPS) is 24.5. The zero-order valence-corrected chi connectivity index (χ0v) is 26.0. The Morgan fingerprint density at radius 3 is 1.86 bits per heavy atom. The van der Waals surface area contributed by atoms with Gasteiger partial charge < -0.3 is 20.0 Å². The summed E-state index contributed by atoms with van der Waals surface area (Å²) in [4.78, 5) is 57.1. The zero-order chi connectivity index (χ0) is 30.0. The largest absolute Gasteiger partial charge is 0.346 e. The van der Waals surface area contributed by atoms with Crippen LogP contribution in [0.3, 0.4) is 0 Å². The van der Waals surface area contributed by atoms with E-state index in [1.165, 1.54) is 69.8 Å². The number of unbranched alkanes of at least 4 members (excludes halogenated alkanes) is 1. The van der Waals surface area contributed by atoms with Crippen LogP contribution in [0.4, 0.5) is 0 Å². The summed E-state index contributed by atoms with van der Waals surface area (Å²) in [6, 6.07) is 10.3. The van der Waals surface area contributed by atoms with Crippen LogP contribution < -0.4 is 5.32 Å². The first-order valence-electron chi connectivity index (χ1n) is 17.2. The highest BCUT2D eigenvalue weighted by molar-refractivity contribution is 6.36. The third kappa shape index (κ3) is 8.60. The van der Waals surface area contributed by atoms with Crippen molar-refractivity contribution < 1.29 is 19.2 Å². The monoisotopic (exact) mass is 592 g/mol. The van der Waals surface area contributed by atoms with Crippen LogP contribution in [0.25, 0.3) is 0 Å². The van der Waals surface area contributed by atoms with Gasteiger partial charge in [0.1, 0.15) is 0 Å². The minimum absolute atomic E-state index is 0.00594. The summed E-state index contributed by atoms with van der Waals surface area (Å²) < 4.78 is 0. The standard InChI is InChI=1S/C35H52N4O4/c40-32-33(41)38(22-19-27-12-4-1-5-13-27)30(25-36-32)18-10-11-21-37-26-31(24-29-16-8-3-9-17-29)39(35(43)34(37)42)23-20-28-14-6-2-7-15-28/h3,8-9,16-17,27-28,30-31H,1-2,4-7,10-15,18-26H2,(H,36,40)/t30-,31-/m0/s1. The SMILES string of the molecule is O=C1NC[C@H](CCCCN2C[C@H](Cc3ccccc3)N(CCC3CCCCC3)C(=O)C2=O)N(CCC2CCCCC2)C1=O. The predicted octanol–water partition coefficient (Wildman–Crippen LogP) is 4.71. The number of rotatable bonds is 13. The van der Waals surface area contributed by atoms with Gasteiger partial charge in [-0.25, -0.2) is 0 Å². The van der Waals surface area contributed by atoms with Gasteiger partial charge in [-0.05, 0) is 55.9 Å². The molecule has 8 nitrogen and oxygen atoms in total. The topological polar surface area (TPSA) is 90.0 Å². The second-order valence-corrected chi connectivity index (χ2v) is 13.5. The fourth-order valence-electron chi connectivity index (χ4n) is 7.91. The lowest BCUT2D eigenvalue weighted by molar-refractivity contribution is -0.159. The van der Waals surface area contributed by atoms with Gasteiger partial charge in [-0.2, -0.15) is 0 Å². The van der Waals surface area contributed by atoms with Gasteiger partial charge in [-0.15, -0.1) is 0 Å². The molecular formula is C35H52N4O4. The van der Waals surface area contributed by atoms with Crippen molar-refractivity contribution in [2.75, 3.05) is 32.7 Å². The summed E-state index contributed by atoms with van der Waals surface area (Å²) in [7, 11) is 0. The molecule has 1 aromatic carbocycles. The minimum atomic E-state index is -0.491. The summed E-state index contributed by atoms with van der Waals surface area (Å²) in [5.41, 5.74) is 1.19. The molecule has 2 saturated heterocycles. The Morgan fingerprint density at radius 2 is 1.23 bits per heavy atom. The van der Waals surface area contributed by atoms with Crippen molar-refractivity contribution in [3.8, 4) is 0 Å². The van der Waals surface area contributed by atoms with E-state index in [1.807, 2.05) is 28.0 Å². The third-order valence-corrected chi connectivity index (χ3v) is 10.5. The average molecular weight is 593 g/mol. The first-order chi connectivity index (χ1) is 21.0. The molecule has 2 heterocycles. The lowest BCUT2D eigenvalue weighted by Crippen LogP contribution is -2.60. The van der Waals surface area contributed by atoms with Gasteiger partial charge in [-0.3, -0.25) is 19.2 Å². The van der Waals surface area contributed by atoms with Crippen molar-refractivity contribution in [2.24, 2.45) is 11.8 Å². The first-order valence-corrected chi connectivity index (χ1v) is 17.2. The van der Waals surface area contributed by atoms with E-state index in [1.54, 1.807) is 4.90 Å². The van der Waals surface area contributed by atoms with E-state index in [-0.39, 0.29) is 23.9 Å². The molecule has 0 aromatic heterocycles. The van der Waals surface area contributed by atoms with Crippen LogP contribution in [-0.4, -0.2) is 83.1 Å². The molecule has 4 amide bonds. The molecule has 8 heteroatoms. The van der Waals surface area contributed by atoms with Crippen LogP contribution in [0.15, 0.2) is 30.3 Å². The Kier molecular flexibility index (Phi) is 11.5. The maximum atomic E-state index is 13.5. The number of amides is 4. The average Bonchev–Trinajstić information content (AvgIpc) is 3.04. The van der Waals surface area contributed by atoms with E-state index in [4.69, 9.17) is 0 Å². The van der Waals surface area contributed by atoms with Gasteiger partial charge >= 0.3 is 23.6 Å². The molecule has 2 atom stereocenters. The van der Waals surface area contributed by atoms with Crippen LogP contribution in [0, 0.1) is 11.8 Å². The van der Waals surface area contributed by atoms with Gasteiger partial charge in [0.15, 0.2) is 0 Å². The Hall–Kier alpha value is -2.90. The van der Waals surface area contributed by atoms with Crippen LogP contribution in [0.1, 0.15) is 102 Å². The van der Waals surface area contributed by atoms with E-state index in [0.717, 1.165) is 38.5 Å². The maximum absolute atomic E-state index is 13.5. The quantitative estimate of drug-likeness (QED) is 0.266. The van der Waals surface area contributed by atoms with Crippen LogP contribution in [0.2, 0.25) is 0 Å². The highest BCUT2D eigenvalue weighted by atomic mass is 16.2. The van der Waals surface area contributed by atoms with Gasteiger partial charge in [-0.1, -0.05) is 94.5 Å². The van der Waals surface area contributed by atoms with Crippen molar-refractivity contribution in [3.63, 3.8) is 0 Å². The molecule has 2 aliphatic heterocycles. The smallest absolute Gasteiger partial charge is 0.312 e. The number of piperazine rings is 2. The molecular weight excluding hydrogens is 540 g/mol.